The van der Waals surface area contributed by atoms with Gasteiger partial charge in [-0.3, -0.25) is 4.99 Å². The quantitative estimate of drug-likeness (QED) is 0.822. The third-order valence-electron chi connectivity index (χ3n) is 2.63. The first-order valence-electron chi connectivity index (χ1n) is 5.55. The molecule has 0 unspecified atom stereocenters. The molecule has 2 aromatic rings. The molecule has 0 radical (unpaired) electrons. The fraction of sp³-hybridized carbons (Fsp3) is 0.0714. The maximum atomic E-state index is 9.83. The van der Waals surface area contributed by atoms with E-state index < -0.39 is 0 Å². The molecule has 2 aromatic carbocycles. The highest BCUT2D eigenvalue weighted by Gasteiger charge is 2.15. The normalized spacial score (nSPS) is 13.1. The molecule has 1 aliphatic heterocycles. The molecule has 0 aliphatic carbocycles. The molecule has 0 spiro atoms. The van der Waals surface area contributed by atoms with Crippen molar-refractivity contribution in [2.75, 3.05) is 6.79 Å². The Kier molecular flexibility index (Phi) is 2.61. The molecule has 0 bridgehead atoms. The van der Waals surface area contributed by atoms with Crippen molar-refractivity contribution in [2.24, 2.45) is 4.99 Å². The average molecular weight is 241 g/mol. The van der Waals surface area contributed by atoms with Gasteiger partial charge in [0.15, 0.2) is 11.5 Å². The Morgan fingerprint density at radius 2 is 1.78 bits per heavy atom. The molecule has 0 saturated carbocycles. The topological polar surface area (TPSA) is 51.1 Å². The van der Waals surface area contributed by atoms with E-state index >= 15 is 0 Å². The summed E-state index contributed by atoms with van der Waals surface area (Å²) in [5, 5.41) is 9.83. The number of hydrogen-bond donors (Lipinski definition) is 1. The summed E-state index contributed by atoms with van der Waals surface area (Å²) in [6.07, 6.45) is 1.60. The smallest absolute Gasteiger partial charge is 0.231 e. The monoisotopic (exact) mass is 241 g/mol. The van der Waals surface area contributed by atoms with Crippen LogP contribution in [-0.4, -0.2) is 18.1 Å². The van der Waals surface area contributed by atoms with Crippen molar-refractivity contribution in [1.29, 1.82) is 0 Å². The number of phenolic OH excluding ortho intramolecular Hbond substituents is 1. The van der Waals surface area contributed by atoms with Gasteiger partial charge in [0, 0.05) is 17.8 Å². The van der Waals surface area contributed by atoms with Crippen LogP contribution in [-0.2, 0) is 0 Å². The van der Waals surface area contributed by atoms with Gasteiger partial charge in [0.2, 0.25) is 6.79 Å². The lowest BCUT2D eigenvalue weighted by atomic mass is 10.2. The molecule has 4 heteroatoms. The highest BCUT2D eigenvalue weighted by Crippen LogP contribution is 2.37. The minimum Gasteiger partial charge on any atom is -0.507 e. The van der Waals surface area contributed by atoms with E-state index in [0.717, 1.165) is 5.69 Å². The number of aliphatic imine (C=N–C) groups is 1. The third-order valence-corrected chi connectivity index (χ3v) is 2.63. The van der Waals surface area contributed by atoms with Crippen LogP contribution in [0.15, 0.2) is 47.5 Å². The van der Waals surface area contributed by atoms with E-state index in [1.165, 1.54) is 6.07 Å². The van der Waals surface area contributed by atoms with Gasteiger partial charge in [-0.15, -0.1) is 0 Å². The molecule has 0 amide bonds. The van der Waals surface area contributed by atoms with Crippen LogP contribution in [0.1, 0.15) is 5.56 Å². The van der Waals surface area contributed by atoms with Gasteiger partial charge < -0.3 is 14.6 Å². The van der Waals surface area contributed by atoms with Gasteiger partial charge in [-0.1, -0.05) is 18.2 Å². The molecule has 0 atom stereocenters. The van der Waals surface area contributed by atoms with E-state index in [1.807, 2.05) is 30.3 Å². The average Bonchev–Trinajstić information content (AvgIpc) is 2.84. The number of rotatable bonds is 2. The number of benzene rings is 2. The van der Waals surface area contributed by atoms with Crippen LogP contribution in [0.3, 0.4) is 0 Å². The largest absolute Gasteiger partial charge is 0.507 e. The molecule has 1 N–H and O–H groups in total. The molecule has 1 aliphatic rings. The van der Waals surface area contributed by atoms with Gasteiger partial charge in [0.05, 0.1) is 5.69 Å². The van der Waals surface area contributed by atoms with E-state index in [2.05, 4.69) is 4.99 Å². The minimum atomic E-state index is 0.124. The molecular weight excluding hydrogens is 230 g/mol. The molecule has 18 heavy (non-hydrogen) atoms. The van der Waals surface area contributed by atoms with Crippen molar-refractivity contribution in [1.82, 2.24) is 0 Å². The Bertz CT molecular complexity index is 593. The van der Waals surface area contributed by atoms with Crippen molar-refractivity contribution in [3.8, 4) is 17.2 Å². The van der Waals surface area contributed by atoms with Gasteiger partial charge in [0.25, 0.3) is 0 Å². The Labute approximate surface area is 104 Å². The summed E-state index contributed by atoms with van der Waals surface area (Å²) >= 11 is 0. The van der Waals surface area contributed by atoms with E-state index in [0.29, 0.717) is 17.1 Å². The predicted molar refractivity (Wildman–Crippen MR) is 67.9 cm³/mol. The molecule has 0 fully saturated rings. The lowest BCUT2D eigenvalue weighted by molar-refractivity contribution is 0.174. The molecule has 0 aromatic heterocycles. The number of ether oxygens (including phenoxy) is 2. The fourth-order valence-corrected chi connectivity index (χ4v) is 1.71. The number of hydrogen-bond acceptors (Lipinski definition) is 4. The minimum absolute atomic E-state index is 0.124. The van der Waals surface area contributed by atoms with Crippen LogP contribution in [0, 0.1) is 0 Å². The second kappa shape index (κ2) is 4.41. The van der Waals surface area contributed by atoms with Gasteiger partial charge in [-0.25, -0.2) is 0 Å². The lowest BCUT2D eigenvalue weighted by Gasteiger charge is -2.01. The van der Waals surface area contributed by atoms with E-state index in [4.69, 9.17) is 9.47 Å². The zero-order valence-corrected chi connectivity index (χ0v) is 9.54. The maximum Gasteiger partial charge on any atom is 0.231 e. The molecule has 90 valence electrons. The highest BCUT2D eigenvalue weighted by molar-refractivity contribution is 5.86. The molecule has 3 rings (SSSR count). The van der Waals surface area contributed by atoms with Crippen molar-refractivity contribution in [2.45, 2.75) is 0 Å². The Balaban J connectivity index is 1.91. The van der Waals surface area contributed by atoms with E-state index in [9.17, 15) is 5.11 Å². The van der Waals surface area contributed by atoms with E-state index in [-0.39, 0.29) is 12.5 Å². The SMILES string of the molecule is Oc1cc2c(cc1C=Nc1ccccc1)OCO2. The summed E-state index contributed by atoms with van der Waals surface area (Å²) < 4.78 is 10.4. The first-order valence-corrected chi connectivity index (χ1v) is 5.55. The van der Waals surface area contributed by atoms with Crippen LogP contribution in [0.25, 0.3) is 0 Å². The first kappa shape index (κ1) is 10.7. The van der Waals surface area contributed by atoms with Crippen molar-refractivity contribution in [3.63, 3.8) is 0 Å². The van der Waals surface area contributed by atoms with Gasteiger partial charge >= 0.3 is 0 Å². The standard InChI is InChI=1S/C14H11NO3/c16-12-7-14-13(17-9-18-14)6-10(12)8-15-11-4-2-1-3-5-11/h1-8,16H,9H2. The predicted octanol–water partition coefficient (Wildman–Crippen LogP) is 2.87. The summed E-state index contributed by atoms with van der Waals surface area (Å²) in [5.41, 5.74) is 1.43. The Morgan fingerprint density at radius 1 is 1.06 bits per heavy atom. The summed E-state index contributed by atoms with van der Waals surface area (Å²) in [6, 6.07) is 12.8. The van der Waals surface area contributed by atoms with Crippen LogP contribution >= 0.6 is 0 Å². The third kappa shape index (κ3) is 2.00. The van der Waals surface area contributed by atoms with E-state index in [1.54, 1.807) is 12.3 Å². The molecule has 4 nitrogen and oxygen atoms in total. The number of para-hydroxylation sites is 1. The van der Waals surface area contributed by atoms with Crippen LogP contribution in [0.2, 0.25) is 0 Å². The zero-order valence-electron chi connectivity index (χ0n) is 9.54. The molecule has 0 saturated heterocycles. The lowest BCUT2D eigenvalue weighted by Crippen LogP contribution is -1.92. The summed E-state index contributed by atoms with van der Waals surface area (Å²) in [6.45, 7) is 0.189. The van der Waals surface area contributed by atoms with Gasteiger partial charge in [0.1, 0.15) is 5.75 Å². The van der Waals surface area contributed by atoms with Gasteiger partial charge in [-0.2, -0.15) is 0 Å². The van der Waals surface area contributed by atoms with Crippen LogP contribution in [0.5, 0.6) is 17.2 Å². The molecular formula is C14H11NO3. The summed E-state index contributed by atoms with van der Waals surface area (Å²) in [4.78, 5) is 4.28. The zero-order chi connectivity index (χ0) is 12.4. The van der Waals surface area contributed by atoms with Crippen molar-refractivity contribution < 1.29 is 14.6 Å². The molecule has 1 heterocycles. The number of nitrogens with zero attached hydrogens (tertiary/aromatic N) is 1. The van der Waals surface area contributed by atoms with Crippen LogP contribution < -0.4 is 9.47 Å². The second-order valence-electron chi connectivity index (χ2n) is 3.86. The maximum absolute atomic E-state index is 9.83. The van der Waals surface area contributed by atoms with Crippen LogP contribution in [0.4, 0.5) is 5.69 Å². The second-order valence-corrected chi connectivity index (χ2v) is 3.86. The number of phenols is 1. The Morgan fingerprint density at radius 3 is 2.56 bits per heavy atom. The number of aromatic hydroxyl groups is 1. The summed E-state index contributed by atoms with van der Waals surface area (Å²) in [7, 11) is 0. The highest BCUT2D eigenvalue weighted by atomic mass is 16.7. The summed E-state index contributed by atoms with van der Waals surface area (Å²) in [5.74, 6) is 1.31. The van der Waals surface area contributed by atoms with Crippen molar-refractivity contribution >= 4 is 11.9 Å². The number of fused-ring (bicyclic) bond motifs is 1. The fourth-order valence-electron chi connectivity index (χ4n) is 1.71. The van der Waals surface area contributed by atoms with Gasteiger partial charge in [-0.05, 0) is 18.2 Å². The van der Waals surface area contributed by atoms with Crippen molar-refractivity contribution in [3.05, 3.63) is 48.0 Å². The first-order chi connectivity index (χ1) is 8.83. The Hall–Kier alpha value is -2.49.